The molecule has 4 aliphatic heterocycles. The highest BCUT2D eigenvalue weighted by molar-refractivity contribution is 5.82. The summed E-state index contributed by atoms with van der Waals surface area (Å²) >= 11 is 0. The number of rotatable bonds is 4. The van der Waals surface area contributed by atoms with Crippen molar-refractivity contribution in [3.8, 4) is 11.8 Å². The van der Waals surface area contributed by atoms with Crippen molar-refractivity contribution in [2.24, 2.45) is 0 Å². The van der Waals surface area contributed by atoms with Crippen LogP contribution in [-0.2, 0) is 4.74 Å². The summed E-state index contributed by atoms with van der Waals surface area (Å²) in [6.07, 6.45) is 4.31. The van der Waals surface area contributed by atoms with Gasteiger partial charge in [0.05, 0.1) is 31.0 Å². The number of carbonyl (C=O) groups is 1. The molecule has 2 atom stereocenters. The highest BCUT2D eigenvalue weighted by atomic mass is 16.5. The lowest BCUT2D eigenvalue weighted by Gasteiger charge is -2.47. The zero-order valence-corrected chi connectivity index (χ0v) is 19.3. The number of carboxylic acid groups (broad SMARTS) is 1. The number of anilines is 1. The summed E-state index contributed by atoms with van der Waals surface area (Å²) in [5.74, 6) is 1.79. The topological polar surface area (TPSA) is 106 Å². The van der Waals surface area contributed by atoms with Crippen LogP contribution in [0, 0.1) is 6.92 Å². The molecule has 0 radical (unpaired) electrons. The fraction of sp³-hybridized carbons (Fsp3) is 0.500. The molecule has 3 aromatic rings. The first-order valence-corrected chi connectivity index (χ1v) is 11.8. The second-order valence-electron chi connectivity index (χ2n) is 9.46. The van der Waals surface area contributed by atoms with Crippen LogP contribution in [0.2, 0.25) is 0 Å². The molecule has 178 valence electrons. The van der Waals surface area contributed by atoms with E-state index in [2.05, 4.69) is 39.0 Å². The van der Waals surface area contributed by atoms with Crippen molar-refractivity contribution in [2.75, 3.05) is 38.2 Å². The van der Waals surface area contributed by atoms with Crippen LogP contribution in [0.25, 0.3) is 16.7 Å². The van der Waals surface area contributed by atoms with Gasteiger partial charge in [-0.1, -0.05) is 0 Å². The second kappa shape index (κ2) is 8.12. The van der Waals surface area contributed by atoms with E-state index in [1.807, 2.05) is 16.9 Å². The van der Waals surface area contributed by atoms with Crippen molar-refractivity contribution < 1.29 is 19.4 Å². The largest absolute Gasteiger partial charge is 0.467 e. The molecule has 34 heavy (non-hydrogen) atoms. The maximum atomic E-state index is 11.3. The number of ether oxygens (including phenoxy) is 2. The van der Waals surface area contributed by atoms with Gasteiger partial charge in [-0.05, 0) is 48.9 Å². The highest BCUT2D eigenvalue weighted by Gasteiger charge is 2.39. The van der Waals surface area contributed by atoms with Gasteiger partial charge in [0, 0.05) is 44.1 Å². The number of fused-ring (bicyclic) bond motifs is 3. The molecular formula is C24H28N6O4. The van der Waals surface area contributed by atoms with Gasteiger partial charge in [-0.25, -0.2) is 9.48 Å². The first-order chi connectivity index (χ1) is 16.5. The lowest BCUT2D eigenvalue weighted by atomic mass is 9.86. The minimum atomic E-state index is -0.838. The van der Waals surface area contributed by atoms with Crippen LogP contribution in [-0.4, -0.2) is 81.3 Å². The Hall–Kier alpha value is -3.40. The Labute approximate surface area is 197 Å². The smallest absolute Gasteiger partial charge is 0.407 e. The van der Waals surface area contributed by atoms with Gasteiger partial charge in [0.25, 0.3) is 0 Å². The van der Waals surface area contributed by atoms with Crippen molar-refractivity contribution in [1.82, 2.24) is 24.6 Å². The monoisotopic (exact) mass is 464 g/mol. The van der Waals surface area contributed by atoms with Crippen molar-refractivity contribution in [3.05, 3.63) is 35.5 Å². The number of amides is 1. The molecule has 10 heteroatoms. The van der Waals surface area contributed by atoms with E-state index in [9.17, 15) is 9.90 Å². The van der Waals surface area contributed by atoms with E-state index in [0.717, 1.165) is 49.1 Å². The van der Waals surface area contributed by atoms with Crippen LogP contribution in [0.15, 0.2) is 24.4 Å². The van der Waals surface area contributed by atoms with E-state index in [-0.39, 0.29) is 12.2 Å². The summed E-state index contributed by atoms with van der Waals surface area (Å²) in [6, 6.07) is 6.62. The number of methoxy groups -OCH3 is 1. The Balaban J connectivity index is 1.35. The third kappa shape index (κ3) is 3.62. The SMILES string of the molecule is COc1nc(N2CC3CC(C2)O3)cc(-n2ncc3cc(C)c(C4CCN(C(=O)O)CC4)cc32)n1. The second-order valence-corrected chi connectivity index (χ2v) is 9.46. The number of benzene rings is 1. The first-order valence-electron chi connectivity index (χ1n) is 11.8. The lowest BCUT2D eigenvalue weighted by Crippen LogP contribution is -2.57. The average molecular weight is 465 g/mol. The van der Waals surface area contributed by atoms with Crippen LogP contribution < -0.4 is 9.64 Å². The Kier molecular flexibility index (Phi) is 5.05. The molecule has 6 heterocycles. The number of morpholine rings is 1. The summed E-state index contributed by atoms with van der Waals surface area (Å²) in [5, 5.41) is 15.0. The molecule has 4 fully saturated rings. The molecule has 4 saturated heterocycles. The zero-order chi connectivity index (χ0) is 23.4. The van der Waals surface area contributed by atoms with Gasteiger partial charge >= 0.3 is 12.1 Å². The maximum Gasteiger partial charge on any atom is 0.407 e. The zero-order valence-electron chi connectivity index (χ0n) is 19.3. The number of aromatic nitrogens is 4. The van der Waals surface area contributed by atoms with Crippen LogP contribution in [0.5, 0.6) is 6.01 Å². The van der Waals surface area contributed by atoms with Crippen LogP contribution >= 0.6 is 0 Å². The van der Waals surface area contributed by atoms with Gasteiger partial charge in [0.2, 0.25) is 0 Å². The molecule has 2 aromatic heterocycles. The predicted molar refractivity (Wildman–Crippen MR) is 125 cm³/mol. The molecule has 0 aliphatic carbocycles. The predicted octanol–water partition coefficient (Wildman–Crippen LogP) is 2.97. The molecule has 10 nitrogen and oxygen atoms in total. The molecule has 4 aliphatic rings. The molecule has 2 bridgehead atoms. The van der Waals surface area contributed by atoms with Crippen LogP contribution in [0.4, 0.5) is 10.6 Å². The minimum Gasteiger partial charge on any atom is -0.467 e. The number of likely N-dealkylation sites (tertiary alicyclic amines) is 1. The van der Waals surface area contributed by atoms with Gasteiger partial charge < -0.3 is 24.4 Å². The van der Waals surface area contributed by atoms with Gasteiger partial charge in [0.1, 0.15) is 5.82 Å². The normalized spacial score (nSPS) is 22.6. The Morgan fingerprint density at radius 2 is 1.82 bits per heavy atom. The van der Waals surface area contributed by atoms with Crippen molar-refractivity contribution in [3.63, 3.8) is 0 Å². The Bertz CT molecular complexity index is 1240. The summed E-state index contributed by atoms with van der Waals surface area (Å²) in [4.78, 5) is 24.2. The number of hydrogen-bond donors (Lipinski definition) is 1. The Morgan fingerprint density at radius 1 is 1.12 bits per heavy atom. The highest BCUT2D eigenvalue weighted by Crippen LogP contribution is 2.35. The van der Waals surface area contributed by atoms with Gasteiger partial charge in [-0.3, -0.25) is 0 Å². The third-order valence-corrected chi connectivity index (χ3v) is 7.32. The fourth-order valence-electron chi connectivity index (χ4n) is 5.51. The molecule has 1 N–H and O–H groups in total. The molecule has 0 spiro atoms. The van der Waals surface area contributed by atoms with Gasteiger partial charge in [-0.2, -0.15) is 15.1 Å². The maximum absolute atomic E-state index is 11.3. The number of nitrogens with zero attached hydrogens (tertiary/aromatic N) is 6. The van der Waals surface area contributed by atoms with Gasteiger partial charge in [0.15, 0.2) is 5.82 Å². The standard InChI is InChI=1S/C24H28N6O4/c1-14-7-16-11-25-30(20(16)9-19(14)15-3-5-28(6-4-15)24(31)32)22-10-21(26-23(27-22)33-2)29-12-17-8-18(13-29)34-17/h7,9-11,15,17-18H,3-6,8,12-13H2,1-2H3,(H,31,32). The summed E-state index contributed by atoms with van der Waals surface area (Å²) in [7, 11) is 1.58. The third-order valence-electron chi connectivity index (χ3n) is 7.32. The number of aryl methyl sites for hydroxylation is 1. The van der Waals surface area contributed by atoms with Crippen LogP contribution in [0.3, 0.4) is 0 Å². The quantitative estimate of drug-likeness (QED) is 0.628. The van der Waals surface area contributed by atoms with E-state index in [1.165, 1.54) is 16.0 Å². The summed E-state index contributed by atoms with van der Waals surface area (Å²) in [5.41, 5.74) is 3.42. The molecule has 7 rings (SSSR count). The lowest BCUT2D eigenvalue weighted by molar-refractivity contribution is -0.133. The van der Waals surface area contributed by atoms with Crippen molar-refractivity contribution in [1.29, 1.82) is 0 Å². The first kappa shape index (κ1) is 21.2. The summed E-state index contributed by atoms with van der Waals surface area (Å²) in [6.45, 7) is 4.86. The Morgan fingerprint density at radius 3 is 2.50 bits per heavy atom. The van der Waals surface area contributed by atoms with Gasteiger partial charge in [-0.15, -0.1) is 0 Å². The van der Waals surface area contributed by atoms with Crippen molar-refractivity contribution in [2.45, 2.75) is 44.3 Å². The fourth-order valence-corrected chi connectivity index (χ4v) is 5.51. The van der Waals surface area contributed by atoms with E-state index in [4.69, 9.17) is 9.47 Å². The molecule has 1 amide bonds. The molecule has 2 unspecified atom stereocenters. The number of piperidine rings is 2. The van der Waals surface area contributed by atoms with E-state index < -0.39 is 6.09 Å². The average Bonchev–Trinajstić information content (AvgIpc) is 3.25. The number of hydrogen-bond acceptors (Lipinski definition) is 7. The van der Waals surface area contributed by atoms with Crippen LogP contribution in [0.1, 0.15) is 36.3 Å². The van der Waals surface area contributed by atoms with E-state index in [0.29, 0.717) is 30.8 Å². The molecule has 1 aromatic carbocycles. The van der Waals surface area contributed by atoms with Crippen molar-refractivity contribution >= 4 is 22.8 Å². The molecule has 0 saturated carbocycles. The minimum absolute atomic E-state index is 0.270. The van der Waals surface area contributed by atoms with E-state index in [1.54, 1.807) is 7.11 Å². The molecular weight excluding hydrogens is 436 g/mol. The summed E-state index contributed by atoms with van der Waals surface area (Å²) < 4.78 is 13.1. The van der Waals surface area contributed by atoms with E-state index >= 15 is 0 Å².